The predicted molar refractivity (Wildman–Crippen MR) is 116 cm³/mol. The summed E-state index contributed by atoms with van der Waals surface area (Å²) in [6, 6.07) is 16.0. The normalized spacial score (nSPS) is 16.8. The molecule has 0 aliphatic carbocycles. The number of rotatable bonds is 3. The van der Waals surface area contributed by atoms with Crippen molar-refractivity contribution in [3.8, 4) is 11.3 Å². The molecule has 0 bridgehead atoms. The fourth-order valence-corrected chi connectivity index (χ4v) is 4.02. The summed E-state index contributed by atoms with van der Waals surface area (Å²) in [6.45, 7) is 0. The highest BCUT2D eigenvalue weighted by Crippen LogP contribution is 2.34. The molecule has 1 aliphatic heterocycles. The van der Waals surface area contributed by atoms with Gasteiger partial charge in [-0.3, -0.25) is 4.79 Å². The van der Waals surface area contributed by atoms with E-state index in [0.29, 0.717) is 42.3 Å². The number of carbonyl (C=O) groups is 1. The second-order valence-corrected chi connectivity index (χ2v) is 8.04. The molecule has 140 valence electrons. The van der Waals surface area contributed by atoms with E-state index in [-0.39, 0.29) is 5.91 Å². The van der Waals surface area contributed by atoms with E-state index in [1.807, 2.05) is 24.3 Å². The third-order valence-corrected chi connectivity index (χ3v) is 5.60. The Hall–Kier alpha value is -2.18. The first kappa shape index (κ1) is 19.2. The molecular weight excluding hydrogens is 439 g/mol. The van der Waals surface area contributed by atoms with E-state index in [0.717, 1.165) is 5.56 Å². The molecule has 0 saturated carbocycles. The summed E-state index contributed by atoms with van der Waals surface area (Å²) < 4.78 is 5.82. The van der Waals surface area contributed by atoms with E-state index < -0.39 is 0 Å². The average molecular weight is 450 g/mol. The number of amidine groups is 1. The van der Waals surface area contributed by atoms with Gasteiger partial charge in [-0.1, -0.05) is 46.9 Å². The molecule has 2 aromatic carbocycles. The molecule has 1 amide bonds. The molecule has 4 rings (SSSR count). The van der Waals surface area contributed by atoms with E-state index >= 15 is 0 Å². The highest BCUT2D eigenvalue weighted by atomic mass is 35.5. The predicted octanol–water partition coefficient (Wildman–Crippen LogP) is 6.80. The van der Waals surface area contributed by atoms with E-state index in [1.54, 1.807) is 36.4 Å². The number of benzene rings is 2. The van der Waals surface area contributed by atoms with Crippen molar-refractivity contribution in [1.82, 2.24) is 5.32 Å². The lowest BCUT2D eigenvalue weighted by Crippen LogP contribution is -2.19. The van der Waals surface area contributed by atoms with Crippen LogP contribution in [0.15, 0.2) is 68.9 Å². The Morgan fingerprint density at radius 1 is 1.00 bits per heavy atom. The van der Waals surface area contributed by atoms with E-state index in [4.69, 9.17) is 39.2 Å². The number of hydrogen-bond acceptors (Lipinski definition) is 4. The number of carbonyl (C=O) groups excluding carboxylic acids is 1. The summed E-state index contributed by atoms with van der Waals surface area (Å²) >= 11 is 19.4. The number of amides is 1. The molecule has 0 spiro atoms. The number of nitrogens with one attached hydrogen (secondary N) is 1. The van der Waals surface area contributed by atoms with Gasteiger partial charge in [-0.15, -0.1) is 0 Å². The fraction of sp³-hybridized carbons (Fsp3) is 0. The summed E-state index contributed by atoms with van der Waals surface area (Å²) in [6.07, 6.45) is 1.66. The van der Waals surface area contributed by atoms with Gasteiger partial charge in [-0.05, 0) is 54.2 Å². The smallest absolute Gasteiger partial charge is 0.264 e. The maximum Gasteiger partial charge on any atom is 0.264 e. The number of halogens is 3. The minimum Gasteiger partial charge on any atom is -0.457 e. The molecule has 28 heavy (non-hydrogen) atoms. The van der Waals surface area contributed by atoms with Crippen LogP contribution in [0.4, 0.5) is 5.69 Å². The van der Waals surface area contributed by atoms with Crippen molar-refractivity contribution in [2.45, 2.75) is 0 Å². The molecule has 8 heteroatoms. The van der Waals surface area contributed by atoms with Gasteiger partial charge in [0.25, 0.3) is 5.91 Å². The van der Waals surface area contributed by atoms with Crippen LogP contribution in [0.1, 0.15) is 5.76 Å². The Labute approximate surface area is 180 Å². The van der Waals surface area contributed by atoms with E-state index in [2.05, 4.69) is 10.3 Å². The van der Waals surface area contributed by atoms with E-state index in [1.165, 1.54) is 11.8 Å². The first-order valence-electron chi connectivity index (χ1n) is 8.09. The summed E-state index contributed by atoms with van der Waals surface area (Å²) in [5.74, 6) is 0.908. The lowest BCUT2D eigenvalue weighted by Gasteiger charge is -2.00. The minimum absolute atomic E-state index is 0.260. The molecule has 1 saturated heterocycles. The van der Waals surface area contributed by atoms with Gasteiger partial charge in [0, 0.05) is 16.7 Å². The van der Waals surface area contributed by atoms with Crippen LogP contribution >= 0.6 is 46.6 Å². The average Bonchev–Trinajstić information content (AvgIpc) is 3.25. The summed E-state index contributed by atoms with van der Waals surface area (Å²) in [7, 11) is 0. The standard InChI is InChI=1S/C20H11Cl3N2O2S/c21-11-5-7-16(15(23)9-11)24-20-25-19(26)18(28-20)10-12-6-8-17(27-12)13-3-1-2-4-14(13)22/h1-10H,(H,24,25,26). The maximum absolute atomic E-state index is 12.3. The Morgan fingerprint density at radius 2 is 1.82 bits per heavy atom. The van der Waals surface area contributed by atoms with Gasteiger partial charge in [-0.25, -0.2) is 4.99 Å². The van der Waals surface area contributed by atoms with Crippen molar-refractivity contribution < 1.29 is 9.21 Å². The Bertz CT molecular complexity index is 1140. The van der Waals surface area contributed by atoms with Crippen LogP contribution in [0, 0.1) is 0 Å². The minimum atomic E-state index is -0.260. The second-order valence-electron chi connectivity index (χ2n) is 5.76. The topological polar surface area (TPSA) is 54.6 Å². The van der Waals surface area contributed by atoms with Crippen molar-refractivity contribution >= 4 is 69.4 Å². The van der Waals surface area contributed by atoms with Gasteiger partial charge in [0.1, 0.15) is 11.5 Å². The van der Waals surface area contributed by atoms with Gasteiger partial charge in [0.05, 0.1) is 20.6 Å². The molecule has 3 aromatic rings. The molecular formula is C20H11Cl3N2O2S. The van der Waals surface area contributed by atoms with Crippen LogP contribution in [-0.2, 0) is 4.79 Å². The zero-order valence-corrected chi connectivity index (χ0v) is 17.2. The lowest BCUT2D eigenvalue weighted by molar-refractivity contribution is -0.115. The molecule has 2 heterocycles. The van der Waals surface area contributed by atoms with Crippen molar-refractivity contribution in [3.05, 3.63) is 80.3 Å². The maximum atomic E-state index is 12.3. The molecule has 1 aromatic heterocycles. The molecule has 1 N–H and O–H groups in total. The Morgan fingerprint density at radius 3 is 2.61 bits per heavy atom. The number of thioether (sulfide) groups is 1. The van der Waals surface area contributed by atoms with Crippen LogP contribution in [0.25, 0.3) is 17.4 Å². The summed E-state index contributed by atoms with van der Waals surface area (Å²) in [4.78, 5) is 17.1. The lowest BCUT2D eigenvalue weighted by atomic mass is 10.2. The van der Waals surface area contributed by atoms with Crippen LogP contribution in [0.2, 0.25) is 15.1 Å². The van der Waals surface area contributed by atoms with Crippen LogP contribution < -0.4 is 5.32 Å². The SMILES string of the molecule is O=C1NC(=Nc2ccc(Cl)cc2Cl)SC1=Cc1ccc(-c2ccccc2Cl)o1. The van der Waals surface area contributed by atoms with Gasteiger partial charge in [0.2, 0.25) is 0 Å². The van der Waals surface area contributed by atoms with Gasteiger partial charge < -0.3 is 9.73 Å². The Balaban J connectivity index is 1.57. The van der Waals surface area contributed by atoms with Gasteiger partial charge in [0.15, 0.2) is 5.17 Å². The van der Waals surface area contributed by atoms with Crippen molar-refractivity contribution in [2.24, 2.45) is 4.99 Å². The second kappa shape index (κ2) is 8.05. The molecule has 1 aliphatic rings. The first-order valence-corrected chi connectivity index (χ1v) is 10.0. The van der Waals surface area contributed by atoms with Crippen molar-refractivity contribution in [1.29, 1.82) is 0 Å². The van der Waals surface area contributed by atoms with Gasteiger partial charge in [-0.2, -0.15) is 0 Å². The zero-order valence-electron chi connectivity index (χ0n) is 14.1. The highest BCUT2D eigenvalue weighted by Gasteiger charge is 2.24. The van der Waals surface area contributed by atoms with E-state index in [9.17, 15) is 4.79 Å². The number of furan rings is 1. The van der Waals surface area contributed by atoms with Crippen molar-refractivity contribution in [3.63, 3.8) is 0 Å². The van der Waals surface area contributed by atoms with Crippen LogP contribution in [-0.4, -0.2) is 11.1 Å². The third-order valence-electron chi connectivity index (χ3n) is 3.82. The molecule has 4 nitrogen and oxygen atoms in total. The molecule has 0 unspecified atom stereocenters. The third kappa shape index (κ3) is 4.13. The number of aliphatic imine (C=N–C) groups is 1. The molecule has 1 fully saturated rings. The monoisotopic (exact) mass is 448 g/mol. The van der Waals surface area contributed by atoms with Crippen LogP contribution in [0.3, 0.4) is 0 Å². The number of nitrogens with zero attached hydrogens (tertiary/aromatic N) is 1. The molecule has 0 atom stereocenters. The number of hydrogen-bond donors (Lipinski definition) is 1. The summed E-state index contributed by atoms with van der Waals surface area (Å²) in [5.41, 5.74) is 1.31. The molecule has 0 radical (unpaired) electrons. The quantitative estimate of drug-likeness (QED) is 0.447. The first-order chi connectivity index (χ1) is 13.5. The van der Waals surface area contributed by atoms with Crippen molar-refractivity contribution in [2.75, 3.05) is 0 Å². The fourth-order valence-electron chi connectivity index (χ4n) is 2.53. The van der Waals surface area contributed by atoms with Crippen LogP contribution in [0.5, 0.6) is 0 Å². The highest BCUT2D eigenvalue weighted by molar-refractivity contribution is 8.18. The van der Waals surface area contributed by atoms with Gasteiger partial charge >= 0.3 is 0 Å². The Kier molecular flexibility index (Phi) is 5.51. The zero-order chi connectivity index (χ0) is 19.7. The summed E-state index contributed by atoms with van der Waals surface area (Å²) in [5, 5.41) is 4.66. The largest absolute Gasteiger partial charge is 0.457 e.